The van der Waals surface area contributed by atoms with Crippen molar-refractivity contribution >= 4 is 27.4 Å². The first kappa shape index (κ1) is 20.8. The van der Waals surface area contributed by atoms with Crippen molar-refractivity contribution in [1.82, 2.24) is 4.90 Å². The van der Waals surface area contributed by atoms with Gasteiger partial charge in [-0.25, -0.2) is 13.2 Å². The third-order valence-electron chi connectivity index (χ3n) is 4.60. The highest BCUT2D eigenvalue weighted by molar-refractivity contribution is 7.91. The lowest BCUT2D eigenvalue weighted by Gasteiger charge is -2.33. The van der Waals surface area contributed by atoms with E-state index in [1.165, 1.54) is 29.2 Å². The number of amides is 1. The summed E-state index contributed by atoms with van der Waals surface area (Å²) in [4.78, 5) is 36.2. The highest BCUT2D eigenvalue weighted by Crippen LogP contribution is 2.21. The first-order valence-corrected chi connectivity index (χ1v) is 10.4. The average Bonchev–Trinajstić information content (AvgIpc) is 2.99. The highest BCUT2D eigenvalue weighted by atomic mass is 32.2. The molecule has 2 atom stereocenters. The summed E-state index contributed by atoms with van der Waals surface area (Å²) < 4.78 is 28.5. The topological polar surface area (TPSA) is 124 Å². The zero-order chi connectivity index (χ0) is 20.2. The van der Waals surface area contributed by atoms with Crippen molar-refractivity contribution in [2.45, 2.75) is 38.8 Å². The number of nitro benzene ring substituents is 1. The van der Waals surface area contributed by atoms with Crippen LogP contribution >= 0.6 is 0 Å². The van der Waals surface area contributed by atoms with Gasteiger partial charge in [0.15, 0.2) is 16.4 Å². The number of hydrogen-bond donors (Lipinski definition) is 0. The molecule has 0 unspecified atom stereocenters. The van der Waals surface area contributed by atoms with Crippen LogP contribution in [0.4, 0.5) is 5.69 Å². The molecule has 1 aromatic carbocycles. The van der Waals surface area contributed by atoms with Gasteiger partial charge in [0, 0.05) is 24.2 Å². The Morgan fingerprint density at radius 2 is 1.96 bits per heavy atom. The van der Waals surface area contributed by atoms with Crippen molar-refractivity contribution in [3.05, 3.63) is 39.9 Å². The molecular formula is C17H22N2O7S. The molecule has 0 bridgehead atoms. The number of hydrogen-bond acceptors (Lipinski definition) is 7. The summed E-state index contributed by atoms with van der Waals surface area (Å²) in [6, 6.07) is 4.24. The summed E-state index contributed by atoms with van der Waals surface area (Å²) in [6.45, 7) is 3.19. The fourth-order valence-electron chi connectivity index (χ4n) is 3.01. The second kappa shape index (κ2) is 8.47. The lowest BCUT2D eigenvalue weighted by atomic mass is 10.1. The monoisotopic (exact) mass is 398 g/mol. The fourth-order valence-corrected chi connectivity index (χ4v) is 4.72. The van der Waals surface area contributed by atoms with Crippen LogP contribution in [0, 0.1) is 10.1 Å². The van der Waals surface area contributed by atoms with Crippen LogP contribution in [-0.2, 0) is 19.4 Å². The molecule has 0 spiro atoms. The third kappa shape index (κ3) is 5.25. The molecule has 0 saturated carbocycles. The van der Waals surface area contributed by atoms with E-state index in [-0.39, 0.29) is 28.8 Å². The summed E-state index contributed by atoms with van der Waals surface area (Å²) in [5.74, 6) is -1.28. The molecule has 0 N–H and O–H groups in total. The zero-order valence-electron chi connectivity index (χ0n) is 15.2. The number of nitrogens with zero attached hydrogens (tertiary/aromatic N) is 2. The number of non-ortho nitro benzene ring substituents is 1. The second-order valence-corrected chi connectivity index (χ2v) is 8.72. The van der Waals surface area contributed by atoms with Crippen molar-refractivity contribution < 1.29 is 27.7 Å². The van der Waals surface area contributed by atoms with E-state index in [9.17, 15) is 28.1 Å². The SMILES string of the molecule is CC[C@@H](C)N(C(=O)COC(=O)c1ccc([N+](=O)[O-])cc1)[C@@H]1CCS(=O)(=O)C1. The number of ether oxygens (including phenoxy) is 1. The van der Waals surface area contributed by atoms with E-state index in [2.05, 4.69) is 0 Å². The Hall–Kier alpha value is -2.49. The molecule has 10 heteroatoms. The molecule has 0 aromatic heterocycles. The van der Waals surface area contributed by atoms with Crippen molar-refractivity contribution in [1.29, 1.82) is 0 Å². The van der Waals surface area contributed by atoms with Crippen LogP contribution in [-0.4, -0.2) is 60.3 Å². The van der Waals surface area contributed by atoms with E-state index in [1.807, 2.05) is 13.8 Å². The first-order valence-electron chi connectivity index (χ1n) is 8.57. The third-order valence-corrected chi connectivity index (χ3v) is 6.35. The smallest absolute Gasteiger partial charge is 0.338 e. The summed E-state index contributed by atoms with van der Waals surface area (Å²) in [5.41, 5.74) is -0.0695. The Bertz CT molecular complexity index is 820. The normalized spacial score (nSPS) is 19.3. The van der Waals surface area contributed by atoms with E-state index in [4.69, 9.17) is 4.74 Å². The molecule has 1 amide bonds. The van der Waals surface area contributed by atoms with Crippen LogP contribution in [0.2, 0.25) is 0 Å². The van der Waals surface area contributed by atoms with Crippen molar-refractivity contribution in [3.8, 4) is 0 Å². The maximum absolute atomic E-state index is 12.6. The minimum Gasteiger partial charge on any atom is -0.452 e. The minimum atomic E-state index is -3.16. The number of carbonyl (C=O) groups is 2. The van der Waals surface area contributed by atoms with Gasteiger partial charge in [-0.2, -0.15) is 0 Å². The van der Waals surface area contributed by atoms with Crippen molar-refractivity contribution in [2.75, 3.05) is 18.1 Å². The Kier molecular flexibility index (Phi) is 6.53. The van der Waals surface area contributed by atoms with Crippen LogP contribution in [0.15, 0.2) is 24.3 Å². The molecule has 0 radical (unpaired) electrons. The molecule has 2 rings (SSSR count). The van der Waals surface area contributed by atoms with Crippen LogP contribution in [0.5, 0.6) is 0 Å². The fraction of sp³-hybridized carbons (Fsp3) is 0.529. The summed E-state index contributed by atoms with van der Waals surface area (Å²) in [5, 5.41) is 10.6. The van der Waals surface area contributed by atoms with Gasteiger partial charge >= 0.3 is 5.97 Å². The van der Waals surface area contributed by atoms with Crippen LogP contribution in [0.25, 0.3) is 0 Å². The molecule has 9 nitrogen and oxygen atoms in total. The Morgan fingerprint density at radius 1 is 1.33 bits per heavy atom. The van der Waals surface area contributed by atoms with E-state index < -0.39 is 39.3 Å². The van der Waals surface area contributed by atoms with Gasteiger partial charge in [0.25, 0.3) is 11.6 Å². The first-order chi connectivity index (χ1) is 12.6. The van der Waals surface area contributed by atoms with E-state index in [0.717, 1.165) is 0 Å². The largest absolute Gasteiger partial charge is 0.452 e. The van der Waals surface area contributed by atoms with Crippen LogP contribution < -0.4 is 0 Å². The standard InChI is InChI=1S/C17H22N2O7S/c1-3-12(2)18(15-8-9-27(24,25)11-15)16(20)10-26-17(21)13-4-6-14(7-5-13)19(22)23/h4-7,12,15H,3,8-11H2,1-2H3/t12-,15-/m1/s1. The van der Waals surface area contributed by atoms with Gasteiger partial charge in [0.1, 0.15) is 0 Å². The summed E-state index contributed by atoms with van der Waals surface area (Å²) in [6.07, 6.45) is 1.01. The number of carbonyl (C=O) groups excluding carboxylic acids is 2. The number of rotatable bonds is 7. The predicted octanol–water partition coefficient (Wildman–Crippen LogP) is 1.57. The molecule has 1 aliphatic heterocycles. The van der Waals surface area contributed by atoms with E-state index >= 15 is 0 Å². The number of nitro groups is 1. The predicted molar refractivity (Wildman–Crippen MR) is 97.0 cm³/mol. The lowest BCUT2D eigenvalue weighted by molar-refractivity contribution is -0.384. The molecular weight excluding hydrogens is 376 g/mol. The van der Waals surface area contributed by atoms with Crippen LogP contribution in [0.3, 0.4) is 0 Å². The van der Waals surface area contributed by atoms with Gasteiger partial charge in [-0.05, 0) is 31.9 Å². The molecule has 148 valence electrons. The Labute approximate surface area is 157 Å². The molecule has 1 saturated heterocycles. The molecule has 27 heavy (non-hydrogen) atoms. The van der Waals surface area contributed by atoms with Gasteiger partial charge in [-0.3, -0.25) is 14.9 Å². The summed E-state index contributed by atoms with van der Waals surface area (Å²) in [7, 11) is -3.16. The Balaban J connectivity index is 2.02. The van der Waals surface area contributed by atoms with E-state index in [0.29, 0.717) is 12.8 Å². The van der Waals surface area contributed by atoms with Crippen LogP contribution in [0.1, 0.15) is 37.0 Å². The van der Waals surface area contributed by atoms with Gasteiger partial charge in [0.2, 0.25) is 0 Å². The Morgan fingerprint density at radius 3 is 2.44 bits per heavy atom. The summed E-state index contributed by atoms with van der Waals surface area (Å²) >= 11 is 0. The molecule has 1 heterocycles. The molecule has 1 aliphatic rings. The number of benzene rings is 1. The van der Waals surface area contributed by atoms with Gasteiger partial charge < -0.3 is 9.64 Å². The maximum Gasteiger partial charge on any atom is 0.338 e. The van der Waals surface area contributed by atoms with Crippen molar-refractivity contribution in [3.63, 3.8) is 0 Å². The highest BCUT2D eigenvalue weighted by Gasteiger charge is 2.36. The van der Waals surface area contributed by atoms with Gasteiger partial charge in [0.05, 0.1) is 22.0 Å². The molecule has 1 aromatic rings. The molecule has 1 fully saturated rings. The number of sulfone groups is 1. The van der Waals surface area contributed by atoms with Gasteiger partial charge in [-0.15, -0.1) is 0 Å². The number of esters is 1. The zero-order valence-corrected chi connectivity index (χ0v) is 16.0. The average molecular weight is 398 g/mol. The van der Waals surface area contributed by atoms with Crippen molar-refractivity contribution in [2.24, 2.45) is 0 Å². The lowest BCUT2D eigenvalue weighted by Crippen LogP contribution is -2.48. The van der Waals surface area contributed by atoms with Gasteiger partial charge in [-0.1, -0.05) is 6.92 Å². The van der Waals surface area contributed by atoms with E-state index in [1.54, 1.807) is 0 Å². The maximum atomic E-state index is 12.6. The minimum absolute atomic E-state index is 0.0421. The quantitative estimate of drug-likeness (QED) is 0.388. The second-order valence-electron chi connectivity index (χ2n) is 6.50. The molecule has 0 aliphatic carbocycles.